The second kappa shape index (κ2) is 7.73. The predicted molar refractivity (Wildman–Crippen MR) is 90.7 cm³/mol. The Hall–Kier alpha value is -2.33. The number of H-pyrrole nitrogens is 1. The Morgan fingerprint density at radius 3 is 2.67 bits per heavy atom. The smallest absolute Gasteiger partial charge is 0.360 e. The maximum atomic E-state index is 12.7. The van der Waals surface area contributed by atoms with Gasteiger partial charge in [0.15, 0.2) is 12.4 Å². The summed E-state index contributed by atoms with van der Waals surface area (Å²) in [7, 11) is 0. The minimum Gasteiger partial charge on any atom is -0.360 e. The lowest BCUT2D eigenvalue weighted by Gasteiger charge is -2.28. The number of hydrogen-bond donors (Lipinski definition) is 2. The number of aryl methyl sites for hydroxylation is 1. The summed E-state index contributed by atoms with van der Waals surface area (Å²) in [5, 5.41) is 6.40. The first-order valence-corrected chi connectivity index (χ1v) is 8.70. The first-order chi connectivity index (χ1) is 12.7. The SMILES string of the molecule is Cc1cc(NC(=O)C[NH+]2CCN(c3[nH+]cc(C(F)(F)F)cc3Cl)CC2)no1. The summed E-state index contributed by atoms with van der Waals surface area (Å²) in [6, 6.07) is 2.55. The molecule has 0 aliphatic carbocycles. The molecule has 1 aliphatic heterocycles. The molecule has 3 rings (SSSR count). The van der Waals surface area contributed by atoms with Crippen LogP contribution in [0.25, 0.3) is 0 Å². The molecular formula is C16H19ClF3N5O2+2. The van der Waals surface area contributed by atoms with Crippen LogP contribution in [0.15, 0.2) is 22.9 Å². The van der Waals surface area contributed by atoms with Crippen molar-refractivity contribution in [1.82, 2.24) is 5.16 Å². The van der Waals surface area contributed by atoms with E-state index in [1.54, 1.807) is 13.0 Å². The maximum Gasteiger partial charge on any atom is 0.419 e. The molecule has 146 valence electrons. The number of aromatic nitrogens is 2. The molecule has 1 fully saturated rings. The van der Waals surface area contributed by atoms with Gasteiger partial charge < -0.3 is 14.7 Å². The minimum absolute atomic E-state index is 0.0208. The van der Waals surface area contributed by atoms with E-state index in [-0.39, 0.29) is 17.5 Å². The van der Waals surface area contributed by atoms with E-state index in [1.165, 1.54) is 0 Å². The average Bonchev–Trinajstić information content (AvgIpc) is 2.99. The third kappa shape index (κ3) is 4.89. The van der Waals surface area contributed by atoms with Gasteiger partial charge in [-0.15, -0.1) is 0 Å². The summed E-state index contributed by atoms with van der Waals surface area (Å²) in [4.78, 5) is 17.6. The number of carbonyl (C=O) groups is 1. The summed E-state index contributed by atoms with van der Waals surface area (Å²) in [5.74, 6) is 1.26. The second-order valence-corrected chi connectivity index (χ2v) is 6.77. The van der Waals surface area contributed by atoms with Gasteiger partial charge in [-0.25, -0.2) is 9.88 Å². The molecule has 0 unspecified atom stereocenters. The molecule has 27 heavy (non-hydrogen) atoms. The van der Waals surface area contributed by atoms with Crippen LogP contribution in [-0.2, 0) is 11.0 Å². The van der Waals surface area contributed by atoms with Crippen LogP contribution in [0, 0.1) is 6.92 Å². The number of nitrogens with zero attached hydrogens (tertiary/aromatic N) is 2. The normalized spacial score (nSPS) is 15.8. The van der Waals surface area contributed by atoms with Gasteiger partial charge in [0.25, 0.3) is 11.7 Å². The van der Waals surface area contributed by atoms with Crippen LogP contribution in [0.1, 0.15) is 11.3 Å². The van der Waals surface area contributed by atoms with Crippen LogP contribution in [0.4, 0.5) is 24.8 Å². The highest BCUT2D eigenvalue weighted by molar-refractivity contribution is 6.32. The first-order valence-electron chi connectivity index (χ1n) is 8.32. The lowest BCUT2D eigenvalue weighted by molar-refractivity contribution is -0.892. The Kier molecular flexibility index (Phi) is 5.56. The van der Waals surface area contributed by atoms with Gasteiger partial charge in [0, 0.05) is 6.07 Å². The quantitative estimate of drug-likeness (QED) is 0.789. The highest BCUT2D eigenvalue weighted by Gasteiger charge is 2.35. The Balaban J connectivity index is 1.53. The number of hydrogen-bond acceptors (Lipinski definition) is 4. The zero-order valence-corrected chi connectivity index (χ0v) is 15.2. The van der Waals surface area contributed by atoms with E-state index in [1.807, 2.05) is 4.90 Å². The Labute approximate surface area is 158 Å². The van der Waals surface area contributed by atoms with Crippen LogP contribution in [0.3, 0.4) is 0 Å². The largest absolute Gasteiger partial charge is 0.419 e. The number of carbonyl (C=O) groups excluding carboxylic acids is 1. The van der Waals surface area contributed by atoms with Crippen molar-refractivity contribution in [3.8, 4) is 0 Å². The lowest BCUT2D eigenvalue weighted by Crippen LogP contribution is -3.15. The molecule has 0 aromatic carbocycles. The van der Waals surface area contributed by atoms with Crippen LogP contribution < -0.4 is 20.1 Å². The highest BCUT2D eigenvalue weighted by atomic mass is 35.5. The van der Waals surface area contributed by atoms with E-state index in [9.17, 15) is 18.0 Å². The molecule has 0 atom stereocenters. The van der Waals surface area contributed by atoms with Gasteiger partial charge in [0.1, 0.15) is 43.2 Å². The third-order valence-corrected chi connectivity index (χ3v) is 4.58. The molecular weight excluding hydrogens is 387 g/mol. The molecule has 3 N–H and O–H groups in total. The zero-order chi connectivity index (χ0) is 19.6. The average molecular weight is 406 g/mol. The van der Waals surface area contributed by atoms with Gasteiger partial charge in [-0.2, -0.15) is 13.2 Å². The molecule has 0 spiro atoms. The zero-order valence-electron chi connectivity index (χ0n) is 14.5. The van der Waals surface area contributed by atoms with Crippen molar-refractivity contribution in [3.63, 3.8) is 0 Å². The van der Waals surface area contributed by atoms with E-state index in [0.717, 1.165) is 17.2 Å². The molecule has 0 bridgehead atoms. The number of aromatic amines is 1. The van der Waals surface area contributed by atoms with Crippen LogP contribution in [0.2, 0.25) is 5.02 Å². The summed E-state index contributed by atoms with van der Waals surface area (Å²) in [6.45, 7) is 4.42. The van der Waals surface area contributed by atoms with E-state index in [2.05, 4.69) is 15.5 Å². The standard InChI is InChI=1S/C16H17ClF3N5O2/c1-10-6-13(23-27-10)22-14(26)9-24-2-4-25(5-3-24)15-12(17)7-11(8-21-15)16(18,19)20/h6-8H,2-5,9H2,1H3,(H,22,23,26)/p+2. The monoisotopic (exact) mass is 405 g/mol. The molecule has 2 aromatic heterocycles. The van der Waals surface area contributed by atoms with Gasteiger partial charge in [-0.1, -0.05) is 16.8 Å². The third-order valence-electron chi connectivity index (χ3n) is 4.29. The Morgan fingerprint density at radius 1 is 1.41 bits per heavy atom. The first kappa shape index (κ1) is 19.4. The molecule has 0 saturated carbocycles. The van der Waals surface area contributed by atoms with Gasteiger partial charge in [-0.05, 0) is 13.0 Å². The van der Waals surface area contributed by atoms with E-state index < -0.39 is 11.7 Å². The highest BCUT2D eigenvalue weighted by Crippen LogP contribution is 2.31. The van der Waals surface area contributed by atoms with Gasteiger partial charge >= 0.3 is 6.18 Å². The summed E-state index contributed by atoms with van der Waals surface area (Å²) in [6.07, 6.45) is -3.54. The number of halogens is 4. The van der Waals surface area contributed by atoms with Gasteiger partial charge in [0.05, 0.1) is 5.56 Å². The second-order valence-electron chi connectivity index (χ2n) is 6.37. The summed E-state index contributed by atoms with van der Waals surface area (Å²) < 4.78 is 43.1. The molecule has 1 aliphatic rings. The number of rotatable bonds is 4. The molecule has 2 aromatic rings. The van der Waals surface area contributed by atoms with Crippen molar-refractivity contribution in [2.75, 3.05) is 42.9 Å². The van der Waals surface area contributed by atoms with Crippen molar-refractivity contribution < 1.29 is 32.4 Å². The predicted octanol–water partition coefficient (Wildman–Crippen LogP) is 0.813. The van der Waals surface area contributed by atoms with Crippen molar-refractivity contribution in [3.05, 3.63) is 34.7 Å². The molecule has 1 amide bonds. The summed E-state index contributed by atoms with van der Waals surface area (Å²) >= 11 is 6.02. The lowest BCUT2D eigenvalue weighted by atomic mass is 10.2. The van der Waals surface area contributed by atoms with E-state index in [4.69, 9.17) is 16.1 Å². The number of quaternary nitrogens is 1. The van der Waals surface area contributed by atoms with Crippen LogP contribution in [-0.4, -0.2) is 43.8 Å². The maximum absolute atomic E-state index is 12.7. The number of pyridine rings is 1. The molecule has 7 nitrogen and oxygen atoms in total. The summed E-state index contributed by atoms with van der Waals surface area (Å²) in [5.41, 5.74) is -0.819. The van der Waals surface area contributed by atoms with E-state index in [0.29, 0.717) is 43.6 Å². The fourth-order valence-electron chi connectivity index (χ4n) is 2.93. The van der Waals surface area contributed by atoms with E-state index >= 15 is 0 Å². The topological polar surface area (TPSA) is 77.0 Å². The van der Waals surface area contributed by atoms with Crippen molar-refractivity contribution >= 4 is 29.1 Å². The number of amides is 1. The molecule has 3 heterocycles. The van der Waals surface area contributed by atoms with Crippen molar-refractivity contribution in [1.29, 1.82) is 0 Å². The van der Waals surface area contributed by atoms with Crippen LogP contribution >= 0.6 is 11.6 Å². The fourth-order valence-corrected chi connectivity index (χ4v) is 3.22. The number of anilines is 2. The molecule has 0 radical (unpaired) electrons. The molecule has 1 saturated heterocycles. The Bertz CT molecular complexity index is 819. The van der Waals surface area contributed by atoms with Crippen LogP contribution in [0.5, 0.6) is 0 Å². The van der Waals surface area contributed by atoms with Gasteiger partial charge in [0.2, 0.25) is 0 Å². The molecule has 11 heteroatoms. The van der Waals surface area contributed by atoms with Crippen molar-refractivity contribution in [2.24, 2.45) is 0 Å². The number of nitrogens with one attached hydrogen (secondary N) is 3. The minimum atomic E-state index is -4.45. The number of alkyl halides is 3. The fraction of sp³-hybridized carbons (Fsp3) is 0.438. The Morgan fingerprint density at radius 2 is 2.11 bits per heavy atom. The van der Waals surface area contributed by atoms with Crippen molar-refractivity contribution in [2.45, 2.75) is 13.1 Å². The number of piperazine rings is 1. The van der Waals surface area contributed by atoms with Gasteiger partial charge in [-0.3, -0.25) is 4.79 Å².